The number of rotatable bonds is 4. The van der Waals surface area contributed by atoms with E-state index in [1.807, 2.05) is 0 Å². The highest BCUT2D eigenvalue weighted by molar-refractivity contribution is 9.10. The highest BCUT2D eigenvalue weighted by Gasteiger charge is 2.15. The predicted molar refractivity (Wildman–Crippen MR) is 73.1 cm³/mol. The average Bonchev–Trinajstić information content (AvgIpc) is 2.30. The van der Waals surface area contributed by atoms with Gasteiger partial charge in [0, 0.05) is 11.0 Å². The number of nitrogens with zero attached hydrogens (tertiary/aromatic N) is 1. The Balaban J connectivity index is 2.79. The smallest absolute Gasteiger partial charge is 0.323 e. The lowest BCUT2D eigenvalue weighted by Crippen LogP contribution is -2.38. The van der Waals surface area contributed by atoms with Gasteiger partial charge in [-0.15, -0.1) is 0 Å². The zero-order valence-corrected chi connectivity index (χ0v) is 12.0. The van der Waals surface area contributed by atoms with Crippen molar-refractivity contribution in [1.29, 1.82) is 0 Å². The number of carbonyl (C=O) groups is 2. The van der Waals surface area contributed by atoms with Crippen molar-refractivity contribution in [3.8, 4) is 0 Å². The first kappa shape index (κ1) is 14.8. The van der Waals surface area contributed by atoms with Gasteiger partial charge in [0.2, 0.25) is 0 Å². The lowest BCUT2D eigenvalue weighted by molar-refractivity contribution is -0.137. The quantitative estimate of drug-likeness (QED) is 0.888. The molecule has 1 aromatic carbocycles. The van der Waals surface area contributed by atoms with Gasteiger partial charge in [-0.3, -0.25) is 4.79 Å². The molecule has 98 valence electrons. The zero-order valence-electron chi connectivity index (χ0n) is 9.61. The molecule has 0 heterocycles. The van der Waals surface area contributed by atoms with E-state index in [1.165, 1.54) is 4.90 Å². The molecule has 0 aliphatic rings. The molecule has 2 amide bonds. The summed E-state index contributed by atoms with van der Waals surface area (Å²) in [5.74, 6) is -1.06. The van der Waals surface area contributed by atoms with Crippen molar-refractivity contribution in [1.82, 2.24) is 4.90 Å². The third-order valence-corrected chi connectivity index (χ3v) is 2.99. The van der Waals surface area contributed by atoms with Crippen LogP contribution in [-0.2, 0) is 4.79 Å². The van der Waals surface area contributed by atoms with Gasteiger partial charge in [0.1, 0.15) is 6.54 Å². The second-order valence-electron chi connectivity index (χ2n) is 3.46. The first-order valence-electron chi connectivity index (χ1n) is 5.16. The fraction of sp³-hybridized carbons (Fsp3) is 0.273. The van der Waals surface area contributed by atoms with Gasteiger partial charge in [-0.25, -0.2) is 4.79 Å². The minimum absolute atomic E-state index is 0.295. The van der Waals surface area contributed by atoms with Crippen molar-refractivity contribution in [2.24, 2.45) is 0 Å². The monoisotopic (exact) mass is 334 g/mol. The molecule has 0 aliphatic carbocycles. The summed E-state index contributed by atoms with van der Waals surface area (Å²) in [4.78, 5) is 23.6. The van der Waals surface area contributed by atoms with Crippen LogP contribution < -0.4 is 5.32 Å². The van der Waals surface area contributed by atoms with Gasteiger partial charge in [0.25, 0.3) is 0 Å². The number of hydrogen-bond acceptors (Lipinski definition) is 2. The first-order chi connectivity index (χ1) is 8.43. The molecular weight excluding hydrogens is 323 g/mol. The molecule has 0 atom stereocenters. The third-order valence-electron chi connectivity index (χ3n) is 2.17. The molecule has 0 unspecified atom stereocenters. The maximum atomic E-state index is 11.8. The van der Waals surface area contributed by atoms with Crippen molar-refractivity contribution in [3.63, 3.8) is 0 Å². The summed E-state index contributed by atoms with van der Waals surface area (Å²) < 4.78 is 0.767. The van der Waals surface area contributed by atoms with Crippen LogP contribution in [0.15, 0.2) is 22.7 Å². The summed E-state index contributed by atoms with van der Waals surface area (Å²) in [5.41, 5.74) is 0.430. The van der Waals surface area contributed by atoms with E-state index in [0.717, 1.165) is 4.47 Å². The number of amides is 2. The summed E-state index contributed by atoms with van der Waals surface area (Å²) in [7, 11) is 0. The average molecular weight is 336 g/mol. The maximum absolute atomic E-state index is 11.8. The molecule has 18 heavy (non-hydrogen) atoms. The number of halogens is 2. The van der Waals surface area contributed by atoms with Gasteiger partial charge < -0.3 is 15.3 Å². The number of hydrogen-bond donors (Lipinski definition) is 2. The molecule has 0 radical (unpaired) electrons. The van der Waals surface area contributed by atoms with E-state index < -0.39 is 12.0 Å². The van der Waals surface area contributed by atoms with Crippen LogP contribution in [0.5, 0.6) is 0 Å². The Morgan fingerprint density at radius 1 is 1.50 bits per heavy atom. The van der Waals surface area contributed by atoms with Crippen LogP contribution in [0.25, 0.3) is 0 Å². The maximum Gasteiger partial charge on any atom is 0.323 e. The van der Waals surface area contributed by atoms with E-state index in [-0.39, 0.29) is 6.54 Å². The molecule has 0 aromatic heterocycles. The van der Waals surface area contributed by atoms with Crippen LogP contribution in [0.1, 0.15) is 6.92 Å². The molecule has 0 aliphatic heterocycles. The molecule has 1 rings (SSSR count). The molecule has 0 saturated heterocycles. The van der Waals surface area contributed by atoms with E-state index >= 15 is 0 Å². The number of likely N-dealkylation sites (N-methyl/N-ethyl adjacent to an activating group) is 1. The van der Waals surface area contributed by atoms with Crippen LogP contribution >= 0.6 is 27.5 Å². The third kappa shape index (κ3) is 4.19. The Bertz CT molecular complexity index is 468. The molecule has 0 spiro atoms. The highest BCUT2D eigenvalue weighted by Crippen LogP contribution is 2.25. The van der Waals surface area contributed by atoms with Crippen LogP contribution in [0.3, 0.4) is 0 Å². The normalized spacial score (nSPS) is 9.94. The van der Waals surface area contributed by atoms with Crippen LogP contribution in [-0.4, -0.2) is 35.1 Å². The van der Waals surface area contributed by atoms with Crippen LogP contribution in [0.4, 0.5) is 10.5 Å². The minimum Gasteiger partial charge on any atom is -0.480 e. The van der Waals surface area contributed by atoms with Crippen LogP contribution in [0, 0.1) is 0 Å². The van der Waals surface area contributed by atoms with Crippen molar-refractivity contribution >= 4 is 45.2 Å². The lowest BCUT2D eigenvalue weighted by Gasteiger charge is -2.19. The second-order valence-corrected chi connectivity index (χ2v) is 4.79. The van der Waals surface area contributed by atoms with Gasteiger partial charge in [-0.1, -0.05) is 27.5 Å². The highest BCUT2D eigenvalue weighted by atomic mass is 79.9. The van der Waals surface area contributed by atoms with Crippen molar-refractivity contribution in [2.45, 2.75) is 6.92 Å². The number of urea groups is 1. The minimum atomic E-state index is -1.06. The van der Waals surface area contributed by atoms with Crippen molar-refractivity contribution in [3.05, 3.63) is 27.7 Å². The van der Waals surface area contributed by atoms with E-state index in [2.05, 4.69) is 21.2 Å². The largest absolute Gasteiger partial charge is 0.480 e. The summed E-state index contributed by atoms with van der Waals surface area (Å²) >= 11 is 9.19. The number of nitrogens with one attached hydrogen (secondary N) is 1. The molecule has 0 saturated carbocycles. The van der Waals surface area contributed by atoms with Crippen LogP contribution in [0.2, 0.25) is 5.02 Å². The van der Waals surface area contributed by atoms with E-state index in [4.69, 9.17) is 16.7 Å². The van der Waals surface area contributed by atoms with Crippen molar-refractivity contribution in [2.75, 3.05) is 18.4 Å². The molecular formula is C11H12BrClN2O3. The summed E-state index contributed by atoms with van der Waals surface area (Å²) in [6, 6.07) is 4.52. The van der Waals surface area contributed by atoms with E-state index in [0.29, 0.717) is 17.3 Å². The Labute approximate surface area is 118 Å². The Kier molecular flexibility index (Phi) is 5.43. The first-order valence-corrected chi connectivity index (χ1v) is 6.34. The predicted octanol–water partition coefficient (Wildman–Crippen LogP) is 3.04. The number of anilines is 1. The number of carboxylic acids is 1. The summed E-state index contributed by atoms with van der Waals surface area (Å²) in [6.07, 6.45) is 0. The van der Waals surface area contributed by atoms with Gasteiger partial charge >= 0.3 is 12.0 Å². The number of benzene rings is 1. The lowest BCUT2D eigenvalue weighted by atomic mass is 10.3. The van der Waals surface area contributed by atoms with Gasteiger partial charge in [-0.05, 0) is 25.1 Å². The molecule has 0 fully saturated rings. The Morgan fingerprint density at radius 3 is 2.72 bits per heavy atom. The fourth-order valence-corrected chi connectivity index (χ4v) is 1.80. The summed E-state index contributed by atoms with van der Waals surface area (Å²) in [6.45, 7) is 1.64. The Hall–Kier alpha value is -1.27. The molecule has 0 bridgehead atoms. The SMILES string of the molecule is CCN(CC(=O)O)C(=O)Nc1cc(Br)ccc1Cl. The molecule has 2 N–H and O–H groups in total. The standard InChI is InChI=1S/C11H12BrClN2O3/c1-2-15(6-10(16)17)11(18)14-9-5-7(12)3-4-8(9)13/h3-5H,2,6H2,1H3,(H,14,18)(H,16,17). The van der Waals surface area contributed by atoms with Gasteiger partial charge in [0.15, 0.2) is 0 Å². The number of carbonyl (C=O) groups excluding carboxylic acids is 1. The van der Waals surface area contributed by atoms with Gasteiger partial charge in [0.05, 0.1) is 10.7 Å². The number of carboxylic acid groups (broad SMARTS) is 1. The zero-order chi connectivity index (χ0) is 13.7. The number of aliphatic carboxylic acids is 1. The van der Waals surface area contributed by atoms with E-state index in [1.54, 1.807) is 25.1 Å². The van der Waals surface area contributed by atoms with E-state index in [9.17, 15) is 9.59 Å². The summed E-state index contributed by atoms with van der Waals surface area (Å²) in [5, 5.41) is 11.6. The molecule has 7 heteroatoms. The fourth-order valence-electron chi connectivity index (χ4n) is 1.28. The molecule has 5 nitrogen and oxygen atoms in total. The Morgan fingerprint density at radius 2 is 2.17 bits per heavy atom. The van der Waals surface area contributed by atoms with Gasteiger partial charge in [-0.2, -0.15) is 0 Å². The van der Waals surface area contributed by atoms with Crippen molar-refractivity contribution < 1.29 is 14.7 Å². The molecule has 1 aromatic rings. The topological polar surface area (TPSA) is 69.6 Å². The second kappa shape index (κ2) is 6.61.